The van der Waals surface area contributed by atoms with Gasteiger partial charge in [0.2, 0.25) is 0 Å². The van der Waals surface area contributed by atoms with E-state index >= 15 is 0 Å². The Morgan fingerprint density at radius 2 is 1.06 bits per heavy atom. The predicted molar refractivity (Wildman–Crippen MR) is 78.1 cm³/mol. The Morgan fingerprint density at radius 1 is 0.750 bits per heavy atom. The maximum atomic E-state index is 5.33. The molecular weight excluding hydrogens is 283 g/mol. The van der Waals surface area contributed by atoms with Gasteiger partial charge in [0.15, 0.2) is 0 Å². The van der Waals surface area contributed by atoms with Crippen molar-refractivity contribution in [2.24, 2.45) is 0 Å². The summed E-state index contributed by atoms with van der Waals surface area (Å²) in [5.41, 5.74) is 0. The Bertz CT molecular complexity index is 171. The third-order valence-corrected chi connectivity index (χ3v) is 4.74. The van der Waals surface area contributed by atoms with Gasteiger partial charge in [-0.3, -0.25) is 0 Å². The standard InChI is InChI=1S/C9H15O3PS3/c1-4-7-14-10-13(11-15-8-5-2)12-16-9-6-3/h4-6H,1-3,7-9H2. The lowest BCUT2D eigenvalue weighted by Gasteiger charge is -2.11. The lowest BCUT2D eigenvalue weighted by atomic mass is 10.8. The maximum absolute atomic E-state index is 5.33. The third kappa shape index (κ3) is 11.1. The zero-order valence-corrected chi connectivity index (χ0v) is 12.2. The van der Waals surface area contributed by atoms with E-state index in [0.29, 0.717) is 17.3 Å². The SMILES string of the molecule is C=CCSOP(OSCC=C)OSCC=C. The van der Waals surface area contributed by atoms with E-state index < -0.39 is 8.60 Å². The van der Waals surface area contributed by atoms with Crippen LogP contribution < -0.4 is 0 Å². The van der Waals surface area contributed by atoms with Crippen LogP contribution in [0.25, 0.3) is 0 Å². The first-order chi connectivity index (χ1) is 7.85. The first-order valence-corrected chi connectivity index (χ1v) is 8.19. The van der Waals surface area contributed by atoms with Gasteiger partial charge in [0, 0.05) is 53.4 Å². The van der Waals surface area contributed by atoms with Crippen molar-refractivity contribution in [1.82, 2.24) is 0 Å². The summed E-state index contributed by atoms with van der Waals surface area (Å²) in [6, 6.07) is 0. The molecule has 0 aromatic heterocycles. The number of hydrogen-bond acceptors (Lipinski definition) is 6. The van der Waals surface area contributed by atoms with Crippen LogP contribution in [0.5, 0.6) is 0 Å². The fraction of sp³-hybridized carbons (Fsp3) is 0.333. The van der Waals surface area contributed by atoms with Crippen molar-refractivity contribution in [1.29, 1.82) is 0 Å². The smallest absolute Gasteiger partial charge is 0.239 e. The van der Waals surface area contributed by atoms with Crippen LogP contribution in [0.3, 0.4) is 0 Å². The molecule has 0 rings (SSSR count). The minimum atomic E-state index is -1.35. The number of hydrogen-bond donors (Lipinski definition) is 0. The van der Waals surface area contributed by atoms with Crippen molar-refractivity contribution in [2.45, 2.75) is 0 Å². The normalized spacial score (nSPS) is 10.3. The minimum absolute atomic E-state index is 0.698. The van der Waals surface area contributed by atoms with Crippen LogP contribution in [0.1, 0.15) is 0 Å². The molecule has 0 bridgehead atoms. The van der Waals surface area contributed by atoms with E-state index in [9.17, 15) is 0 Å². The summed E-state index contributed by atoms with van der Waals surface area (Å²) in [4.78, 5) is 0. The highest BCUT2D eigenvalue weighted by Gasteiger charge is 2.14. The molecule has 3 nitrogen and oxygen atoms in total. The molecule has 0 aromatic carbocycles. The molecule has 0 aromatic rings. The van der Waals surface area contributed by atoms with Crippen molar-refractivity contribution < 1.29 is 11.9 Å². The molecule has 0 heterocycles. The Labute approximate surface area is 112 Å². The molecule has 0 aliphatic heterocycles. The van der Waals surface area contributed by atoms with Crippen LogP contribution in [-0.4, -0.2) is 17.3 Å². The van der Waals surface area contributed by atoms with Crippen LogP contribution in [0, 0.1) is 0 Å². The molecule has 0 aliphatic carbocycles. The summed E-state index contributed by atoms with van der Waals surface area (Å²) in [7, 11) is -1.35. The second kappa shape index (κ2) is 13.6. The van der Waals surface area contributed by atoms with E-state index in [4.69, 9.17) is 11.9 Å². The first kappa shape index (κ1) is 16.6. The van der Waals surface area contributed by atoms with E-state index in [1.54, 1.807) is 18.2 Å². The lowest BCUT2D eigenvalue weighted by molar-refractivity contribution is 0.470. The highest BCUT2D eigenvalue weighted by Crippen LogP contribution is 2.50. The quantitative estimate of drug-likeness (QED) is 0.223. The summed E-state index contributed by atoms with van der Waals surface area (Å²) < 4.78 is 16.0. The van der Waals surface area contributed by atoms with Crippen LogP contribution >= 0.6 is 44.7 Å². The van der Waals surface area contributed by atoms with Crippen LogP contribution in [0.4, 0.5) is 0 Å². The minimum Gasteiger partial charge on any atom is -0.239 e. The van der Waals surface area contributed by atoms with Gasteiger partial charge in [-0.2, -0.15) is 0 Å². The summed E-state index contributed by atoms with van der Waals surface area (Å²) in [6.07, 6.45) is 5.27. The molecule has 0 radical (unpaired) electrons. The zero-order chi connectivity index (χ0) is 12.1. The summed E-state index contributed by atoms with van der Waals surface area (Å²) >= 11 is 3.78. The highest BCUT2D eigenvalue weighted by molar-refractivity contribution is 8.03. The molecule has 0 unspecified atom stereocenters. The molecular formula is C9H15O3PS3. The fourth-order valence-electron chi connectivity index (χ4n) is 0.402. The van der Waals surface area contributed by atoms with E-state index in [0.717, 1.165) is 0 Å². The van der Waals surface area contributed by atoms with Gasteiger partial charge in [-0.15, -0.1) is 19.7 Å². The van der Waals surface area contributed by atoms with Gasteiger partial charge < -0.3 is 0 Å². The topological polar surface area (TPSA) is 27.7 Å². The summed E-state index contributed by atoms with van der Waals surface area (Å²) in [5.74, 6) is 2.09. The molecule has 16 heavy (non-hydrogen) atoms. The average molecular weight is 298 g/mol. The van der Waals surface area contributed by atoms with Gasteiger partial charge in [-0.25, -0.2) is 11.9 Å². The molecule has 7 heteroatoms. The van der Waals surface area contributed by atoms with Crippen LogP contribution in [-0.2, 0) is 11.9 Å². The van der Waals surface area contributed by atoms with Crippen molar-refractivity contribution in [3.8, 4) is 0 Å². The summed E-state index contributed by atoms with van der Waals surface area (Å²) in [6.45, 7) is 10.8. The Kier molecular flexibility index (Phi) is 14.1. The van der Waals surface area contributed by atoms with Gasteiger partial charge >= 0.3 is 8.60 Å². The van der Waals surface area contributed by atoms with Gasteiger partial charge in [0.1, 0.15) is 0 Å². The zero-order valence-electron chi connectivity index (χ0n) is 8.87. The second-order valence-corrected chi connectivity index (χ2v) is 6.11. The van der Waals surface area contributed by atoms with Crippen molar-refractivity contribution >= 4 is 44.7 Å². The molecule has 0 aliphatic rings. The predicted octanol–water partition coefficient (Wildman–Crippen LogP) is 4.77. The molecule has 92 valence electrons. The van der Waals surface area contributed by atoms with E-state index in [1.165, 1.54) is 36.1 Å². The lowest BCUT2D eigenvalue weighted by Crippen LogP contribution is -1.83. The van der Waals surface area contributed by atoms with Gasteiger partial charge in [-0.1, -0.05) is 18.2 Å². The molecule has 0 saturated heterocycles. The second-order valence-electron chi connectivity index (χ2n) is 2.17. The summed E-state index contributed by atoms with van der Waals surface area (Å²) in [5, 5.41) is 0. The Balaban J connectivity index is 3.69. The fourth-order valence-corrected chi connectivity index (χ4v) is 3.42. The molecule has 0 saturated carbocycles. The molecule has 0 fully saturated rings. The van der Waals surface area contributed by atoms with Gasteiger partial charge in [0.25, 0.3) is 0 Å². The Hall–Kier alpha value is 0.580. The van der Waals surface area contributed by atoms with Crippen LogP contribution in [0.2, 0.25) is 0 Å². The van der Waals surface area contributed by atoms with Crippen molar-refractivity contribution in [3.05, 3.63) is 38.0 Å². The van der Waals surface area contributed by atoms with E-state index in [1.807, 2.05) is 0 Å². The number of rotatable bonds is 12. The van der Waals surface area contributed by atoms with Gasteiger partial charge in [-0.05, 0) is 0 Å². The maximum Gasteiger partial charge on any atom is 0.369 e. The van der Waals surface area contributed by atoms with Crippen molar-refractivity contribution in [3.63, 3.8) is 0 Å². The van der Waals surface area contributed by atoms with Crippen molar-refractivity contribution in [2.75, 3.05) is 17.3 Å². The van der Waals surface area contributed by atoms with E-state index in [2.05, 4.69) is 19.7 Å². The molecule has 0 atom stereocenters. The monoisotopic (exact) mass is 298 g/mol. The molecule has 0 spiro atoms. The van der Waals surface area contributed by atoms with E-state index in [-0.39, 0.29) is 0 Å². The third-order valence-electron chi connectivity index (χ3n) is 0.898. The van der Waals surface area contributed by atoms with Crippen LogP contribution in [0.15, 0.2) is 38.0 Å². The molecule has 0 N–H and O–H groups in total. The van der Waals surface area contributed by atoms with Gasteiger partial charge in [0.05, 0.1) is 0 Å². The first-order valence-electron chi connectivity index (χ1n) is 4.36. The average Bonchev–Trinajstić information content (AvgIpc) is 2.29. The highest BCUT2D eigenvalue weighted by atomic mass is 32.2. The Morgan fingerprint density at radius 3 is 1.31 bits per heavy atom. The largest absolute Gasteiger partial charge is 0.369 e. The molecule has 0 amide bonds.